The maximum Gasteiger partial charge on any atom is 0.337 e. The minimum atomic E-state index is -0.373. The van der Waals surface area contributed by atoms with Crippen molar-refractivity contribution < 1.29 is 19.1 Å². The van der Waals surface area contributed by atoms with E-state index in [0.717, 1.165) is 66.4 Å². The van der Waals surface area contributed by atoms with Crippen LogP contribution in [0.3, 0.4) is 0 Å². The molecule has 6 aromatic rings. The fourth-order valence-electron chi connectivity index (χ4n) is 5.60. The second-order valence-electron chi connectivity index (χ2n) is 10.5. The van der Waals surface area contributed by atoms with Crippen LogP contribution in [0.1, 0.15) is 54.6 Å². The molecule has 8 nitrogen and oxygen atoms in total. The molecule has 44 heavy (non-hydrogen) atoms. The summed E-state index contributed by atoms with van der Waals surface area (Å²) in [6.07, 6.45) is 4.12. The number of carbonyl (C=O) groups is 2. The van der Waals surface area contributed by atoms with E-state index >= 15 is 0 Å². The van der Waals surface area contributed by atoms with Gasteiger partial charge in [-0.3, -0.25) is 0 Å². The van der Waals surface area contributed by atoms with Crippen LogP contribution in [0.15, 0.2) is 97.1 Å². The van der Waals surface area contributed by atoms with Gasteiger partial charge < -0.3 is 29.4 Å². The standard InChI is InChI=1S/C36H28N4O4/c1-43-35(41)23-7-3-21(4-8-23)33-29-15-11-25(37-29)19-27-13-17-31(39-27)34(22-5-9-24(10-6-22)36(42)44-2)32-18-14-28(40-32)20-26-12-16-30(33)38-26/h3-20,37-40H,1-2H3. The zero-order chi connectivity index (χ0) is 30.2. The van der Waals surface area contributed by atoms with Crippen LogP contribution in [0.2, 0.25) is 0 Å². The highest BCUT2D eigenvalue weighted by molar-refractivity contribution is 5.91. The van der Waals surface area contributed by atoms with Crippen molar-refractivity contribution in [2.24, 2.45) is 0 Å². The van der Waals surface area contributed by atoms with Crippen LogP contribution in [-0.4, -0.2) is 46.1 Å². The molecule has 1 aliphatic rings. The molecule has 0 fully saturated rings. The Morgan fingerprint density at radius 1 is 0.477 bits per heavy atom. The van der Waals surface area contributed by atoms with Crippen LogP contribution in [0.25, 0.3) is 23.3 Å². The summed E-state index contributed by atoms with van der Waals surface area (Å²) < 4.78 is 9.77. The van der Waals surface area contributed by atoms with Gasteiger partial charge in [0, 0.05) is 55.3 Å². The topological polar surface area (TPSA) is 116 Å². The average molecular weight is 581 g/mol. The summed E-state index contributed by atoms with van der Waals surface area (Å²) in [7, 11) is 2.76. The molecule has 4 N–H and O–H groups in total. The van der Waals surface area contributed by atoms with E-state index in [2.05, 4.69) is 56.4 Å². The smallest absolute Gasteiger partial charge is 0.337 e. The molecular formula is C36H28N4O4. The summed E-state index contributed by atoms with van der Waals surface area (Å²) in [6, 6.07) is 31.2. The van der Waals surface area contributed by atoms with Gasteiger partial charge in [-0.05, 0) is 96.1 Å². The number of H-pyrrole nitrogens is 4. The van der Waals surface area contributed by atoms with Gasteiger partial charge in [0.05, 0.1) is 25.3 Å². The molecule has 0 saturated carbocycles. The van der Waals surface area contributed by atoms with Crippen LogP contribution in [-0.2, 0) is 9.47 Å². The van der Waals surface area contributed by atoms with E-state index in [-0.39, 0.29) is 11.9 Å². The van der Waals surface area contributed by atoms with E-state index in [1.807, 2.05) is 48.5 Å². The molecule has 0 spiro atoms. The van der Waals surface area contributed by atoms with E-state index in [9.17, 15) is 9.59 Å². The lowest BCUT2D eigenvalue weighted by molar-refractivity contribution is 0.0592. The highest BCUT2D eigenvalue weighted by atomic mass is 16.5. The van der Waals surface area contributed by atoms with E-state index in [0.29, 0.717) is 11.1 Å². The summed E-state index contributed by atoms with van der Waals surface area (Å²) in [5.41, 5.74) is 8.52. The predicted molar refractivity (Wildman–Crippen MR) is 168 cm³/mol. The van der Waals surface area contributed by atoms with Crippen molar-refractivity contribution in [3.63, 3.8) is 0 Å². The van der Waals surface area contributed by atoms with Crippen LogP contribution < -0.4 is 21.4 Å². The Hall–Kier alpha value is -6.02. The Morgan fingerprint density at radius 3 is 1.27 bits per heavy atom. The first-order chi connectivity index (χ1) is 21.5. The lowest BCUT2D eigenvalue weighted by Crippen LogP contribution is -2.16. The summed E-state index contributed by atoms with van der Waals surface area (Å²) in [4.78, 5) is 38.4. The largest absolute Gasteiger partial charge is 0.465 e. The number of rotatable bonds is 4. The molecule has 0 aliphatic carbocycles. The number of nitrogens with one attached hydrogen (secondary N) is 4. The molecular weight excluding hydrogens is 552 g/mol. The number of hydrogen-bond acceptors (Lipinski definition) is 4. The van der Waals surface area contributed by atoms with Gasteiger partial charge in [0.15, 0.2) is 0 Å². The van der Waals surface area contributed by atoms with E-state index in [1.165, 1.54) is 14.2 Å². The third-order valence-electron chi connectivity index (χ3n) is 7.72. The van der Waals surface area contributed by atoms with Crippen molar-refractivity contribution in [3.05, 3.63) is 163 Å². The van der Waals surface area contributed by atoms with Crippen molar-refractivity contribution in [1.82, 2.24) is 19.9 Å². The normalized spacial score (nSPS) is 12.3. The van der Waals surface area contributed by atoms with Crippen molar-refractivity contribution >= 4 is 35.2 Å². The third kappa shape index (κ3) is 4.98. The van der Waals surface area contributed by atoms with E-state index in [4.69, 9.17) is 9.47 Å². The number of aromatic amines is 4. The van der Waals surface area contributed by atoms with Gasteiger partial charge in [0.25, 0.3) is 0 Å². The number of esters is 2. The number of methoxy groups -OCH3 is 2. The molecule has 4 aromatic heterocycles. The quantitative estimate of drug-likeness (QED) is 0.240. The first-order valence-corrected chi connectivity index (χ1v) is 14.1. The molecule has 7 rings (SSSR count). The number of benzene rings is 2. The molecule has 0 radical (unpaired) electrons. The molecule has 216 valence electrons. The van der Waals surface area contributed by atoms with E-state index < -0.39 is 0 Å². The summed E-state index contributed by atoms with van der Waals surface area (Å²) >= 11 is 0. The Labute approximate surface area is 251 Å². The lowest BCUT2D eigenvalue weighted by atomic mass is 10.0. The third-order valence-corrected chi connectivity index (χ3v) is 7.72. The van der Waals surface area contributed by atoms with Gasteiger partial charge in [-0.1, -0.05) is 24.3 Å². The Bertz CT molecular complexity index is 2110. The maximum absolute atomic E-state index is 12.0. The fourth-order valence-corrected chi connectivity index (χ4v) is 5.60. The van der Waals surface area contributed by atoms with Crippen molar-refractivity contribution in [2.45, 2.75) is 0 Å². The molecule has 0 saturated heterocycles. The van der Waals surface area contributed by atoms with Gasteiger partial charge in [-0.15, -0.1) is 0 Å². The van der Waals surface area contributed by atoms with Crippen molar-refractivity contribution in [3.8, 4) is 0 Å². The number of fused-ring (bicyclic) bond motifs is 8. The molecule has 0 unspecified atom stereocenters. The van der Waals surface area contributed by atoms with Crippen LogP contribution >= 0.6 is 0 Å². The molecule has 8 heteroatoms. The fraction of sp³-hybridized carbons (Fsp3) is 0.0556. The summed E-state index contributed by atoms with van der Waals surface area (Å²) in [6.45, 7) is 0. The zero-order valence-corrected chi connectivity index (χ0v) is 24.0. The summed E-state index contributed by atoms with van der Waals surface area (Å²) in [5.74, 6) is -0.746. The second kappa shape index (κ2) is 11.0. The highest BCUT2D eigenvalue weighted by Crippen LogP contribution is 2.23. The van der Waals surface area contributed by atoms with Crippen LogP contribution in [0.4, 0.5) is 0 Å². The molecule has 8 bridgehead atoms. The monoisotopic (exact) mass is 580 g/mol. The zero-order valence-electron chi connectivity index (χ0n) is 24.0. The van der Waals surface area contributed by atoms with Gasteiger partial charge in [-0.25, -0.2) is 9.59 Å². The number of ether oxygens (including phenoxy) is 2. The molecule has 0 amide bonds. The molecule has 5 heterocycles. The maximum atomic E-state index is 12.0. The first-order valence-electron chi connectivity index (χ1n) is 14.1. The predicted octanol–water partition coefficient (Wildman–Crippen LogP) is 3.04. The average Bonchev–Trinajstić information content (AvgIpc) is 3.88. The Morgan fingerprint density at radius 2 is 0.886 bits per heavy atom. The first kappa shape index (κ1) is 26.9. The minimum absolute atomic E-state index is 0.373. The minimum Gasteiger partial charge on any atom is -0.465 e. The number of carbonyl (C=O) groups excluding carboxylic acids is 2. The second-order valence-corrected chi connectivity index (χ2v) is 10.5. The van der Waals surface area contributed by atoms with Gasteiger partial charge >= 0.3 is 11.9 Å². The molecule has 0 atom stereocenters. The summed E-state index contributed by atoms with van der Waals surface area (Å²) in [5, 5.41) is 3.70. The Kier molecular flexibility index (Phi) is 6.71. The molecule has 2 aromatic carbocycles. The van der Waals surface area contributed by atoms with E-state index in [1.54, 1.807) is 24.3 Å². The lowest BCUT2D eigenvalue weighted by Gasteiger charge is -2.07. The van der Waals surface area contributed by atoms with Gasteiger partial charge in [-0.2, -0.15) is 0 Å². The number of hydrogen-bond donors (Lipinski definition) is 4. The van der Waals surface area contributed by atoms with Gasteiger partial charge in [0.1, 0.15) is 0 Å². The van der Waals surface area contributed by atoms with Crippen LogP contribution in [0, 0.1) is 0 Å². The van der Waals surface area contributed by atoms with Gasteiger partial charge in [0.2, 0.25) is 0 Å². The van der Waals surface area contributed by atoms with Crippen LogP contribution in [0.5, 0.6) is 0 Å². The van der Waals surface area contributed by atoms with Crippen molar-refractivity contribution in [1.29, 1.82) is 0 Å². The highest BCUT2D eigenvalue weighted by Gasteiger charge is 2.14. The molecule has 1 aliphatic heterocycles. The Balaban J connectivity index is 1.42. The van der Waals surface area contributed by atoms with Crippen molar-refractivity contribution in [2.75, 3.05) is 14.2 Å². The number of aromatic nitrogens is 4. The SMILES string of the molecule is COC(=O)c1ccc(C2=c3ccc([nH]3)=Cc3ccc([nH]3)C(c3ccc(C(=O)OC)cc3)=c3ccc([nH]3)=Cc3ccc2[nH]3)cc1.